The molecule has 0 saturated carbocycles. The average Bonchev–Trinajstić information content (AvgIpc) is 2.24. The quantitative estimate of drug-likeness (QED) is 0.803. The number of hydrogen-bond donors (Lipinski definition) is 1. The van der Waals surface area contributed by atoms with Crippen LogP contribution >= 0.6 is 0 Å². The molecule has 0 aliphatic rings. The topological polar surface area (TPSA) is 29.1 Å². The van der Waals surface area contributed by atoms with Crippen molar-refractivity contribution >= 4 is 5.78 Å². The molecule has 0 unspecified atom stereocenters. The van der Waals surface area contributed by atoms with Crippen LogP contribution in [0.1, 0.15) is 5.56 Å². The zero-order valence-electron chi connectivity index (χ0n) is 8.29. The van der Waals surface area contributed by atoms with Crippen LogP contribution in [0, 0.1) is 0 Å². The van der Waals surface area contributed by atoms with Crippen LogP contribution in [0.3, 0.4) is 0 Å². The first-order chi connectivity index (χ1) is 7.50. The van der Waals surface area contributed by atoms with Crippen LogP contribution in [0.4, 0.5) is 13.2 Å². The number of benzene rings is 1. The van der Waals surface area contributed by atoms with E-state index in [-0.39, 0.29) is 0 Å². The van der Waals surface area contributed by atoms with E-state index in [1.165, 1.54) is 0 Å². The van der Waals surface area contributed by atoms with Crippen molar-refractivity contribution < 1.29 is 18.0 Å². The molecule has 0 aliphatic heterocycles. The highest BCUT2D eigenvalue weighted by Crippen LogP contribution is 2.15. The molecule has 0 bridgehead atoms. The van der Waals surface area contributed by atoms with Gasteiger partial charge in [0.25, 0.3) is 5.78 Å². The number of alkyl halides is 3. The highest BCUT2D eigenvalue weighted by Gasteiger charge is 2.35. The normalized spacial score (nSPS) is 11.7. The van der Waals surface area contributed by atoms with Gasteiger partial charge in [0.1, 0.15) is 0 Å². The van der Waals surface area contributed by atoms with E-state index in [4.69, 9.17) is 0 Å². The Labute approximate surface area is 90.8 Å². The van der Waals surface area contributed by atoms with Gasteiger partial charge in [0, 0.05) is 18.8 Å². The summed E-state index contributed by atoms with van der Waals surface area (Å²) in [6.07, 6.45) is -3.32. The van der Waals surface area contributed by atoms with Crippen LogP contribution < -0.4 is 5.32 Å². The smallest absolute Gasteiger partial charge is 0.387 e. The van der Waals surface area contributed by atoms with Gasteiger partial charge in [-0.15, -0.1) is 0 Å². The fraction of sp³-hybridized carbons (Fsp3) is 0.182. The van der Waals surface area contributed by atoms with Gasteiger partial charge in [-0.3, -0.25) is 4.79 Å². The number of hydrogen-bond acceptors (Lipinski definition) is 2. The summed E-state index contributed by atoms with van der Waals surface area (Å²) in [6.45, 7) is 0.377. The summed E-state index contributed by atoms with van der Waals surface area (Å²) in [7, 11) is 0. The number of halogens is 3. The van der Waals surface area contributed by atoms with Crippen molar-refractivity contribution in [3.63, 3.8) is 0 Å². The molecule has 0 saturated heterocycles. The maximum atomic E-state index is 11.8. The number of rotatable bonds is 4. The Kier molecular flexibility index (Phi) is 4.10. The Bertz CT molecular complexity index is 371. The van der Waals surface area contributed by atoms with E-state index in [2.05, 4.69) is 5.32 Å². The second kappa shape index (κ2) is 5.34. The third kappa shape index (κ3) is 4.16. The molecule has 0 fully saturated rings. The molecular formula is C11H10F3NO. The summed E-state index contributed by atoms with van der Waals surface area (Å²) in [5.41, 5.74) is 0.923. The molecule has 5 heteroatoms. The first-order valence-electron chi connectivity index (χ1n) is 4.55. The van der Waals surface area contributed by atoms with Gasteiger partial charge >= 0.3 is 6.18 Å². The van der Waals surface area contributed by atoms with E-state index in [1.807, 2.05) is 30.3 Å². The maximum Gasteiger partial charge on any atom is 0.454 e. The van der Waals surface area contributed by atoms with Crippen LogP contribution in [0.15, 0.2) is 42.6 Å². The Morgan fingerprint density at radius 2 is 1.88 bits per heavy atom. The average molecular weight is 229 g/mol. The molecule has 0 radical (unpaired) electrons. The first-order valence-corrected chi connectivity index (χ1v) is 4.55. The van der Waals surface area contributed by atoms with Gasteiger partial charge in [-0.05, 0) is 5.56 Å². The molecule has 1 aromatic rings. The Morgan fingerprint density at radius 1 is 1.25 bits per heavy atom. The molecule has 0 atom stereocenters. The Balaban J connectivity index is 2.37. The lowest BCUT2D eigenvalue weighted by atomic mass is 10.2. The largest absolute Gasteiger partial charge is 0.454 e. The highest BCUT2D eigenvalue weighted by atomic mass is 19.4. The minimum atomic E-state index is -4.80. The van der Waals surface area contributed by atoms with Crippen molar-refractivity contribution in [2.24, 2.45) is 0 Å². The van der Waals surface area contributed by atoms with Crippen molar-refractivity contribution in [2.45, 2.75) is 12.7 Å². The summed E-state index contributed by atoms with van der Waals surface area (Å²) in [5, 5.41) is 2.60. The Morgan fingerprint density at radius 3 is 2.44 bits per heavy atom. The second-order valence-corrected chi connectivity index (χ2v) is 3.06. The van der Waals surface area contributed by atoms with Crippen molar-refractivity contribution in [1.82, 2.24) is 5.32 Å². The predicted molar refractivity (Wildman–Crippen MR) is 53.5 cm³/mol. The van der Waals surface area contributed by atoms with Gasteiger partial charge in [0.15, 0.2) is 0 Å². The summed E-state index contributed by atoms with van der Waals surface area (Å²) in [4.78, 5) is 10.4. The molecule has 0 aromatic heterocycles. The maximum absolute atomic E-state index is 11.8. The van der Waals surface area contributed by atoms with Gasteiger partial charge in [-0.1, -0.05) is 30.3 Å². The van der Waals surface area contributed by atoms with E-state index < -0.39 is 12.0 Å². The van der Waals surface area contributed by atoms with Crippen molar-refractivity contribution in [1.29, 1.82) is 0 Å². The van der Waals surface area contributed by atoms with Gasteiger partial charge < -0.3 is 5.32 Å². The highest BCUT2D eigenvalue weighted by molar-refractivity contribution is 5.94. The molecule has 0 amide bonds. The predicted octanol–water partition coefficient (Wildman–Crippen LogP) is 2.42. The van der Waals surface area contributed by atoms with Crippen molar-refractivity contribution in [3.05, 3.63) is 48.2 Å². The molecule has 1 rings (SSSR count). The summed E-state index contributed by atoms with van der Waals surface area (Å²) < 4.78 is 35.3. The van der Waals surface area contributed by atoms with Crippen LogP contribution in [0.2, 0.25) is 0 Å². The molecule has 0 heterocycles. The zero-order valence-corrected chi connectivity index (χ0v) is 8.29. The molecule has 0 aliphatic carbocycles. The summed E-state index contributed by atoms with van der Waals surface area (Å²) in [5.74, 6) is -1.87. The fourth-order valence-electron chi connectivity index (χ4n) is 1.00. The van der Waals surface area contributed by atoms with Crippen LogP contribution in [-0.4, -0.2) is 12.0 Å². The number of ketones is 1. The lowest BCUT2D eigenvalue weighted by Crippen LogP contribution is -2.20. The minimum absolute atomic E-state index is 0.377. The SMILES string of the molecule is O=C(/C=C/NCc1ccccc1)C(F)(F)F. The number of carbonyl (C=O) groups is 1. The van der Waals surface area contributed by atoms with E-state index in [0.717, 1.165) is 11.8 Å². The monoisotopic (exact) mass is 229 g/mol. The third-order valence-corrected chi connectivity index (χ3v) is 1.78. The van der Waals surface area contributed by atoms with Gasteiger partial charge in [0.05, 0.1) is 0 Å². The number of allylic oxidation sites excluding steroid dienone is 1. The van der Waals surface area contributed by atoms with E-state index >= 15 is 0 Å². The summed E-state index contributed by atoms with van der Waals surface area (Å²) in [6, 6.07) is 9.13. The number of nitrogens with one attached hydrogen (secondary N) is 1. The van der Waals surface area contributed by atoms with Crippen LogP contribution in [-0.2, 0) is 11.3 Å². The van der Waals surface area contributed by atoms with Gasteiger partial charge in [-0.25, -0.2) is 0 Å². The van der Waals surface area contributed by atoms with E-state index in [0.29, 0.717) is 12.6 Å². The fourth-order valence-corrected chi connectivity index (χ4v) is 1.00. The van der Waals surface area contributed by atoms with Crippen molar-refractivity contribution in [2.75, 3.05) is 0 Å². The molecule has 16 heavy (non-hydrogen) atoms. The molecule has 86 valence electrons. The minimum Gasteiger partial charge on any atom is -0.387 e. The van der Waals surface area contributed by atoms with E-state index in [9.17, 15) is 18.0 Å². The third-order valence-electron chi connectivity index (χ3n) is 1.78. The molecule has 2 nitrogen and oxygen atoms in total. The standard InChI is InChI=1S/C11H10F3NO/c12-11(13,14)10(16)6-7-15-8-9-4-2-1-3-5-9/h1-7,15H,8H2/b7-6+. The van der Waals surface area contributed by atoms with Gasteiger partial charge in [-0.2, -0.15) is 13.2 Å². The lowest BCUT2D eigenvalue weighted by molar-refractivity contribution is -0.165. The van der Waals surface area contributed by atoms with Crippen LogP contribution in [0.5, 0.6) is 0 Å². The first kappa shape index (κ1) is 12.3. The number of carbonyl (C=O) groups excluding carboxylic acids is 1. The Hall–Kier alpha value is -1.78. The van der Waals surface area contributed by atoms with Crippen LogP contribution in [0.25, 0.3) is 0 Å². The van der Waals surface area contributed by atoms with Gasteiger partial charge in [0.2, 0.25) is 0 Å². The molecule has 0 spiro atoms. The molecule has 1 aromatic carbocycles. The second-order valence-electron chi connectivity index (χ2n) is 3.06. The lowest BCUT2D eigenvalue weighted by Gasteiger charge is -2.01. The molecule has 1 N–H and O–H groups in total. The van der Waals surface area contributed by atoms with Crippen molar-refractivity contribution in [3.8, 4) is 0 Å². The zero-order chi connectivity index (χ0) is 12.0. The summed E-state index contributed by atoms with van der Waals surface area (Å²) >= 11 is 0. The molecular weight excluding hydrogens is 219 g/mol. The van der Waals surface area contributed by atoms with E-state index in [1.54, 1.807) is 0 Å².